The molecule has 2 unspecified atom stereocenters. The van der Waals surface area contributed by atoms with Crippen LogP contribution in [-0.4, -0.2) is 26.6 Å². The SMILES string of the molecule is Cc1cc(C(=O)NC2CCCC2Br)n(C)n1. The molecule has 16 heavy (non-hydrogen) atoms. The zero-order valence-corrected chi connectivity index (χ0v) is 11.1. The van der Waals surface area contributed by atoms with E-state index in [1.807, 2.05) is 13.0 Å². The van der Waals surface area contributed by atoms with Gasteiger partial charge in [-0.2, -0.15) is 5.10 Å². The first kappa shape index (κ1) is 11.6. The summed E-state index contributed by atoms with van der Waals surface area (Å²) in [4.78, 5) is 12.4. The normalized spacial score (nSPS) is 24.7. The molecule has 2 rings (SSSR count). The van der Waals surface area contributed by atoms with Gasteiger partial charge in [0.05, 0.1) is 5.69 Å². The van der Waals surface area contributed by atoms with Gasteiger partial charge in [-0.05, 0) is 25.8 Å². The van der Waals surface area contributed by atoms with E-state index in [1.54, 1.807) is 11.7 Å². The minimum atomic E-state index is -0.0283. The van der Waals surface area contributed by atoms with Crippen molar-refractivity contribution in [3.8, 4) is 0 Å². The molecule has 0 radical (unpaired) electrons. The third kappa shape index (κ3) is 2.29. The molecule has 0 saturated heterocycles. The van der Waals surface area contributed by atoms with Crippen LogP contribution in [0.4, 0.5) is 0 Å². The number of alkyl halides is 1. The molecule has 88 valence electrons. The predicted octanol–water partition coefficient (Wildman–Crippen LogP) is 1.77. The highest BCUT2D eigenvalue weighted by molar-refractivity contribution is 9.09. The van der Waals surface area contributed by atoms with Crippen molar-refractivity contribution in [3.63, 3.8) is 0 Å². The number of hydrogen-bond acceptors (Lipinski definition) is 2. The van der Waals surface area contributed by atoms with E-state index < -0.39 is 0 Å². The van der Waals surface area contributed by atoms with Crippen LogP contribution in [-0.2, 0) is 7.05 Å². The molecule has 0 bridgehead atoms. The zero-order valence-electron chi connectivity index (χ0n) is 9.53. The minimum absolute atomic E-state index is 0.0283. The van der Waals surface area contributed by atoms with Crippen molar-refractivity contribution in [3.05, 3.63) is 17.5 Å². The summed E-state index contributed by atoms with van der Waals surface area (Å²) in [5.74, 6) is -0.0283. The number of aryl methyl sites for hydroxylation is 2. The lowest BCUT2D eigenvalue weighted by Gasteiger charge is -2.15. The standard InChI is InChI=1S/C11H16BrN3O/c1-7-6-10(15(2)14-7)11(16)13-9-5-3-4-8(9)12/h6,8-9H,3-5H2,1-2H3,(H,13,16). The lowest BCUT2D eigenvalue weighted by atomic mass is 10.2. The second kappa shape index (κ2) is 4.57. The Labute approximate surface area is 104 Å². The number of carbonyl (C=O) groups is 1. The number of rotatable bonds is 2. The van der Waals surface area contributed by atoms with E-state index in [0.717, 1.165) is 18.5 Å². The molecule has 5 heteroatoms. The second-order valence-corrected chi connectivity index (χ2v) is 5.50. The van der Waals surface area contributed by atoms with Crippen molar-refractivity contribution in [2.24, 2.45) is 7.05 Å². The van der Waals surface area contributed by atoms with E-state index >= 15 is 0 Å². The molecule has 1 fully saturated rings. The topological polar surface area (TPSA) is 46.9 Å². The third-order valence-electron chi connectivity index (χ3n) is 2.98. The number of hydrogen-bond donors (Lipinski definition) is 1. The average molecular weight is 286 g/mol. The summed E-state index contributed by atoms with van der Waals surface area (Å²) in [6, 6.07) is 2.07. The summed E-state index contributed by atoms with van der Waals surface area (Å²) in [6.45, 7) is 1.89. The van der Waals surface area contributed by atoms with Crippen molar-refractivity contribution in [2.75, 3.05) is 0 Å². The Hall–Kier alpha value is -0.840. The zero-order chi connectivity index (χ0) is 11.7. The molecule has 0 spiro atoms. The summed E-state index contributed by atoms with van der Waals surface area (Å²) in [7, 11) is 1.79. The molecule has 1 aromatic heterocycles. The van der Waals surface area contributed by atoms with Crippen LogP contribution in [0.15, 0.2) is 6.07 Å². The van der Waals surface area contributed by atoms with Gasteiger partial charge in [0.2, 0.25) is 0 Å². The van der Waals surface area contributed by atoms with Gasteiger partial charge in [-0.15, -0.1) is 0 Å². The summed E-state index contributed by atoms with van der Waals surface area (Å²) < 4.78 is 1.63. The van der Waals surface area contributed by atoms with Crippen molar-refractivity contribution in [1.82, 2.24) is 15.1 Å². The number of nitrogens with one attached hydrogen (secondary N) is 1. The predicted molar refractivity (Wildman–Crippen MR) is 65.8 cm³/mol. The fourth-order valence-corrected chi connectivity index (χ4v) is 2.86. The lowest BCUT2D eigenvalue weighted by molar-refractivity contribution is 0.0929. The largest absolute Gasteiger partial charge is 0.347 e. The highest BCUT2D eigenvalue weighted by Gasteiger charge is 2.27. The molecule has 0 aliphatic heterocycles. The lowest BCUT2D eigenvalue weighted by Crippen LogP contribution is -2.38. The van der Waals surface area contributed by atoms with E-state index in [0.29, 0.717) is 10.5 Å². The quantitative estimate of drug-likeness (QED) is 0.842. The van der Waals surface area contributed by atoms with Crippen molar-refractivity contribution >= 4 is 21.8 Å². The Morgan fingerprint density at radius 1 is 1.62 bits per heavy atom. The summed E-state index contributed by atoms with van der Waals surface area (Å²) >= 11 is 3.59. The van der Waals surface area contributed by atoms with Gasteiger partial charge in [-0.3, -0.25) is 9.48 Å². The maximum atomic E-state index is 12.0. The fraction of sp³-hybridized carbons (Fsp3) is 0.636. The minimum Gasteiger partial charge on any atom is -0.347 e. The van der Waals surface area contributed by atoms with E-state index in [-0.39, 0.29) is 11.9 Å². The number of nitrogens with zero attached hydrogens (tertiary/aromatic N) is 2. The maximum Gasteiger partial charge on any atom is 0.269 e. The van der Waals surface area contributed by atoms with E-state index in [2.05, 4.69) is 26.3 Å². The molecular formula is C11H16BrN3O. The molecule has 1 N–H and O–H groups in total. The fourth-order valence-electron chi connectivity index (χ4n) is 2.14. The van der Waals surface area contributed by atoms with Gasteiger partial charge in [-0.1, -0.05) is 22.4 Å². The van der Waals surface area contributed by atoms with E-state index in [1.165, 1.54) is 6.42 Å². The smallest absolute Gasteiger partial charge is 0.269 e. The maximum absolute atomic E-state index is 12.0. The van der Waals surface area contributed by atoms with Crippen LogP contribution >= 0.6 is 15.9 Å². The monoisotopic (exact) mass is 285 g/mol. The van der Waals surface area contributed by atoms with E-state index in [4.69, 9.17) is 0 Å². The van der Waals surface area contributed by atoms with Gasteiger partial charge in [0.1, 0.15) is 5.69 Å². The highest BCUT2D eigenvalue weighted by Crippen LogP contribution is 2.25. The Morgan fingerprint density at radius 3 is 2.88 bits per heavy atom. The second-order valence-electron chi connectivity index (χ2n) is 4.32. The first-order valence-electron chi connectivity index (χ1n) is 5.53. The van der Waals surface area contributed by atoms with Gasteiger partial charge in [0.25, 0.3) is 5.91 Å². The van der Waals surface area contributed by atoms with Crippen LogP contribution in [0, 0.1) is 6.92 Å². The molecular weight excluding hydrogens is 270 g/mol. The average Bonchev–Trinajstić information content (AvgIpc) is 2.74. The molecule has 1 heterocycles. The molecule has 1 aromatic rings. The van der Waals surface area contributed by atoms with Gasteiger partial charge in [0.15, 0.2) is 0 Å². The van der Waals surface area contributed by atoms with Crippen LogP contribution in [0.25, 0.3) is 0 Å². The van der Waals surface area contributed by atoms with E-state index in [9.17, 15) is 4.79 Å². The Bertz CT molecular complexity index is 402. The number of carbonyl (C=O) groups excluding carboxylic acids is 1. The van der Waals surface area contributed by atoms with Gasteiger partial charge in [-0.25, -0.2) is 0 Å². The Morgan fingerprint density at radius 2 is 2.38 bits per heavy atom. The van der Waals surface area contributed by atoms with Crippen LogP contribution in [0.5, 0.6) is 0 Å². The summed E-state index contributed by atoms with van der Waals surface area (Å²) in [6.07, 6.45) is 3.36. The molecule has 2 atom stereocenters. The summed E-state index contributed by atoms with van der Waals surface area (Å²) in [5, 5.41) is 7.22. The van der Waals surface area contributed by atoms with Crippen LogP contribution < -0.4 is 5.32 Å². The summed E-state index contributed by atoms with van der Waals surface area (Å²) in [5.41, 5.74) is 1.50. The van der Waals surface area contributed by atoms with Crippen LogP contribution in [0.3, 0.4) is 0 Å². The molecule has 1 aliphatic rings. The Kier molecular flexibility index (Phi) is 3.33. The number of amides is 1. The van der Waals surface area contributed by atoms with Crippen molar-refractivity contribution < 1.29 is 4.79 Å². The van der Waals surface area contributed by atoms with Gasteiger partial charge >= 0.3 is 0 Å². The molecule has 4 nitrogen and oxygen atoms in total. The first-order chi connectivity index (χ1) is 7.58. The number of halogens is 1. The van der Waals surface area contributed by atoms with Crippen LogP contribution in [0.1, 0.15) is 35.4 Å². The third-order valence-corrected chi connectivity index (χ3v) is 4.08. The molecule has 1 amide bonds. The first-order valence-corrected chi connectivity index (χ1v) is 6.45. The highest BCUT2D eigenvalue weighted by atomic mass is 79.9. The van der Waals surface area contributed by atoms with Crippen molar-refractivity contribution in [2.45, 2.75) is 37.1 Å². The van der Waals surface area contributed by atoms with Gasteiger partial charge < -0.3 is 5.32 Å². The van der Waals surface area contributed by atoms with Crippen LogP contribution in [0.2, 0.25) is 0 Å². The van der Waals surface area contributed by atoms with Gasteiger partial charge in [0, 0.05) is 17.9 Å². The molecule has 1 saturated carbocycles. The molecule has 1 aliphatic carbocycles. The van der Waals surface area contributed by atoms with Crippen molar-refractivity contribution in [1.29, 1.82) is 0 Å². The Balaban J connectivity index is 2.05. The number of aromatic nitrogens is 2. The molecule has 0 aromatic carbocycles.